The van der Waals surface area contributed by atoms with E-state index in [1.165, 1.54) is 12.1 Å². The largest absolute Gasteiger partial charge is 0.479 e. The molecule has 2 N–H and O–H groups in total. The quantitative estimate of drug-likeness (QED) is 0.527. The molecule has 1 aromatic carbocycles. The summed E-state index contributed by atoms with van der Waals surface area (Å²) in [4.78, 5) is 4.32. The molecule has 1 saturated carbocycles. The number of ether oxygens (including phenoxy) is 1. The SMILES string of the molecule is CC1(C)CB(c2cnc(N)c(OC3(c4c(Cl)ccc(F)c4Cl)CC3)c2)OC1(C)C. The zero-order valence-electron chi connectivity index (χ0n) is 17.0. The van der Waals surface area contributed by atoms with Gasteiger partial charge in [-0.15, -0.1) is 0 Å². The van der Waals surface area contributed by atoms with E-state index in [-0.39, 0.29) is 28.8 Å². The first-order valence-corrected chi connectivity index (χ1v) is 10.5. The predicted octanol–water partition coefficient (Wildman–Crippen LogP) is 5.21. The molecule has 2 fully saturated rings. The summed E-state index contributed by atoms with van der Waals surface area (Å²) in [5, 5.41) is 0.361. The van der Waals surface area contributed by atoms with Gasteiger partial charge in [0, 0.05) is 16.8 Å². The molecular formula is C21H24BCl2FN2O2. The number of nitrogens with zero attached hydrogens (tertiary/aromatic N) is 1. The third-order valence-corrected chi connectivity index (χ3v) is 7.23. The number of benzene rings is 1. The van der Waals surface area contributed by atoms with Gasteiger partial charge in [-0.1, -0.05) is 37.0 Å². The number of halogens is 3. The second-order valence-corrected chi connectivity index (χ2v) is 9.96. The monoisotopic (exact) mass is 436 g/mol. The van der Waals surface area contributed by atoms with Crippen LogP contribution in [0.25, 0.3) is 0 Å². The summed E-state index contributed by atoms with van der Waals surface area (Å²) in [6, 6.07) is 4.61. The predicted molar refractivity (Wildman–Crippen MR) is 116 cm³/mol. The molecule has 1 saturated heterocycles. The van der Waals surface area contributed by atoms with Crippen LogP contribution in [-0.2, 0) is 10.3 Å². The van der Waals surface area contributed by atoms with Crippen LogP contribution in [0.1, 0.15) is 46.1 Å². The van der Waals surface area contributed by atoms with E-state index >= 15 is 0 Å². The molecule has 0 bridgehead atoms. The molecule has 29 heavy (non-hydrogen) atoms. The average molecular weight is 437 g/mol. The molecule has 2 aliphatic rings. The van der Waals surface area contributed by atoms with Crippen LogP contribution in [0.2, 0.25) is 16.4 Å². The lowest BCUT2D eigenvalue weighted by Crippen LogP contribution is -2.36. The number of hydrogen-bond acceptors (Lipinski definition) is 4. The second kappa shape index (κ2) is 6.76. The maximum absolute atomic E-state index is 14.0. The highest BCUT2D eigenvalue weighted by Crippen LogP contribution is 2.54. The van der Waals surface area contributed by atoms with Gasteiger partial charge in [0.2, 0.25) is 0 Å². The molecule has 2 aromatic rings. The summed E-state index contributed by atoms with van der Waals surface area (Å²) in [6.07, 6.45) is 3.92. The van der Waals surface area contributed by atoms with Crippen molar-refractivity contribution in [2.24, 2.45) is 5.41 Å². The summed E-state index contributed by atoms with van der Waals surface area (Å²) in [5.41, 5.74) is 6.42. The van der Waals surface area contributed by atoms with Gasteiger partial charge in [0.1, 0.15) is 11.4 Å². The topological polar surface area (TPSA) is 57.4 Å². The number of rotatable bonds is 4. The normalized spacial score (nSPS) is 21.3. The Morgan fingerprint density at radius 3 is 2.48 bits per heavy atom. The molecule has 0 atom stereocenters. The summed E-state index contributed by atoms with van der Waals surface area (Å²) in [6.45, 7) is 8.49. The van der Waals surface area contributed by atoms with Gasteiger partial charge in [0.15, 0.2) is 11.6 Å². The Balaban J connectivity index is 1.66. The number of nitrogen functional groups attached to an aromatic ring is 1. The van der Waals surface area contributed by atoms with Gasteiger partial charge in [-0.05, 0) is 62.1 Å². The fourth-order valence-electron chi connectivity index (χ4n) is 3.85. The van der Waals surface area contributed by atoms with Crippen molar-refractivity contribution >= 4 is 41.4 Å². The van der Waals surface area contributed by atoms with Crippen molar-refractivity contribution in [3.05, 3.63) is 45.8 Å². The Kier molecular flexibility index (Phi) is 4.84. The summed E-state index contributed by atoms with van der Waals surface area (Å²) < 4.78 is 26.6. The second-order valence-electron chi connectivity index (χ2n) is 9.17. The van der Waals surface area contributed by atoms with Gasteiger partial charge in [-0.2, -0.15) is 0 Å². The summed E-state index contributed by atoms with van der Waals surface area (Å²) in [5.74, 6) is 0.173. The summed E-state index contributed by atoms with van der Waals surface area (Å²) >= 11 is 12.6. The van der Waals surface area contributed by atoms with Crippen molar-refractivity contribution in [2.75, 3.05) is 5.73 Å². The third kappa shape index (κ3) is 3.49. The van der Waals surface area contributed by atoms with Crippen LogP contribution < -0.4 is 15.9 Å². The Morgan fingerprint density at radius 1 is 1.21 bits per heavy atom. The molecule has 2 heterocycles. The van der Waals surface area contributed by atoms with Crippen molar-refractivity contribution in [3.63, 3.8) is 0 Å². The van der Waals surface area contributed by atoms with Gasteiger partial charge >= 0.3 is 6.92 Å². The van der Waals surface area contributed by atoms with Gasteiger partial charge in [-0.3, -0.25) is 0 Å². The maximum Gasteiger partial charge on any atom is 0.329 e. The Labute approximate surface area is 181 Å². The fourth-order valence-corrected chi connectivity index (χ4v) is 4.57. The minimum atomic E-state index is -0.792. The van der Waals surface area contributed by atoms with Crippen LogP contribution in [0.15, 0.2) is 24.4 Å². The first-order valence-electron chi connectivity index (χ1n) is 9.72. The van der Waals surface area contributed by atoms with Crippen molar-refractivity contribution in [3.8, 4) is 5.75 Å². The zero-order chi connectivity index (χ0) is 21.2. The summed E-state index contributed by atoms with van der Waals surface area (Å²) in [7, 11) is 0. The number of pyridine rings is 1. The molecule has 0 spiro atoms. The maximum atomic E-state index is 14.0. The zero-order valence-corrected chi connectivity index (χ0v) is 18.5. The molecule has 154 valence electrons. The smallest absolute Gasteiger partial charge is 0.329 e. The van der Waals surface area contributed by atoms with Crippen LogP contribution in [0.3, 0.4) is 0 Å². The molecule has 8 heteroatoms. The molecule has 4 rings (SSSR count). The van der Waals surface area contributed by atoms with E-state index in [0.717, 1.165) is 11.8 Å². The van der Waals surface area contributed by atoms with E-state index in [4.69, 9.17) is 38.3 Å². The average Bonchev–Trinajstić information content (AvgIpc) is 3.35. The molecule has 0 amide bonds. The van der Waals surface area contributed by atoms with Crippen molar-refractivity contribution in [1.29, 1.82) is 0 Å². The first kappa shape index (κ1) is 20.8. The number of aromatic nitrogens is 1. The molecule has 0 unspecified atom stereocenters. The minimum Gasteiger partial charge on any atom is -0.479 e. The Morgan fingerprint density at radius 2 is 1.90 bits per heavy atom. The van der Waals surface area contributed by atoms with Crippen LogP contribution in [0.4, 0.5) is 10.2 Å². The highest BCUT2D eigenvalue weighted by atomic mass is 35.5. The number of nitrogens with two attached hydrogens (primary N) is 1. The van der Waals surface area contributed by atoms with Gasteiger partial charge in [-0.25, -0.2) is 9.37 Å². The highest BCUT2D eigenvalue weighted by molar-refractivity contribution is 6.68. The van der Waals surface area contributed by atoms with E-state index in [1.807, 2.05) is 6.07 Å². The van der Waals surface area contributed by atoms with Crippen LogP contribution in [0.5, 0.6) is 5.75 Å². The highest BCUT2D eigenvalue weighted by Gasteiger charge is 2.52. The lowest BCUT2D eigenvalue weighted by molar-refractivity contribution is 0.0375. The molecule has 1 aliphatic heterocycles. The molecule has 1 aliphatic carbocycles. The van der Waals surface area contributed by atoms with E-state index < -0.39 is 11.4 Å². The van der Waals surface area contributed by atoms with Crippen LogP contribution in [-0.4, -0.2) is 17.5 Å². The minimum absolute atomic E-state index is 0.0136. The number of anilines is 1. The van der Waals surface area contributed by atoms with E-state index in [2.05, 4.69) is 32.7 Å². The van der Waals surface area contributed by atoms with Crippen molar-refractivity contribution < 1.29 is 13.8 Å². The van der Waals surface area contributed by atoms with Crippen LogP contribution in [0, 0.1) is 11.2 Å². The van der Waals surface area contributed by atoms with E-state index in [9.17, 15) is 4.39 Å². The van der Waals surface area contributed by atoms with E-state index in [0.29, 0.717) is 29.2 Å². The first-order chi connectivity index (χ1) is 13.5. The van der Waals surface area contributed by atoms with Crippen LogP contribution >= 0.6 is 23.2 Å². The van der Waals surface area contributed by atoms with Crippen molar-refractivity contribution in [1.82, 2.24) is 4.98 Å². The molecule has 1 aromatic heterocycles. The lowest BCUT2D eigenvalue weighted by atomic mass is 9.54. The third-order valence-electron chi connectivity index (χ3n) is 6.55. The molecule has 4 nitrogen and oxygen atoms in total. The molecular weight excluding hydrogens is 413 g/mol. The van der Waals surface area contributed by atoms with Gasteiger partial charge in [0.05, 0.1) is 10.6 Å². The van der Waals surface area contributed by atoms with Crippen molar-refractivity contribution in [2.45, 2.75) is 58.1 Å². The van der Waals surface area contributed by atoms with Gasteiger partial charge < -0.3 is 15.1 Å². The Hall–Kier alpha value is -1.50. The Bertz CT molecular complexity index is 963. The van der Waals surface area contributed by atoms with E-state index in [1.54, 1.807) is 6.20 Å². The number of hydrogen-bond donors (Lipinski definition) is 1. The fraction of sp³-hybridized carbons (Fsp3) is 0.476. The lowest BCUT2D eigenvalue weighted by Gasteiger charge is -2.34. The van der Waals surface area contributed by atoms with Gasteiger partial charge in [0.25, 0.3) is 0 Å². The standard InChI is InChI=1S/C21H24BCl2FN2O2/c1-19(2)11-22(29-20(19,3)4)12-9-15(18(26)27-10-12)28-21(7-8-21)16-13(23)5-6-14(25)17(16)24/h5-6,9-10H,7-8,11H2,1-4H3,(H2,26,27). The molecule has 0 radical (unpaired) electrons.